The van der Waals surface area contributed by atoms with Crippen LogP contribution in [0.3, 0.4) is 0 Å². The van der Waals surface area contributed by atoms with Crippen LogP contribution in [0.4, 0.5) is 0 Å². The molecule has 13 heavy (non-hydrogen) atoms. The van der Waals surface area contributed by atoms with Gasteiger partial charge in [0.25, 0.3) is 0 Å². The fourth-order valence-corrected chi connectivity index (χ4v) is 8.32. The molecule has 1 fully saturated rings. The van der Waals surface area contributed by atoms with E-state index in [1.165, 1.54) is 31.4 Å². The third-order valence-electron chi connectivity index (χ3n) is 2.73. The van der Waals surface area contributed by atoms with Crippen molar-refractivity contribution in [2.75, 3.05) is 6.61 Å². The van der Waals surface area contributed by atoms with Crippen LogP contribution in [0.1, 0.15) is 19.3 Å². The lowest BCUT2D eigenvalue weighted by Gasteiger charge is -2.23. The van der Waals surface area contributed by atoms with Gasteiger partial charge in [-0.05, 0) is 19.3 Å². The molecule has 1 nitrogen and oxygen atoms in total. The monoisotopic (exact) mass is 216 g/mol. The Morgan fingerprint density at radius 2 is 2.08 bits per heavy atom. The molecule has 0 aliphatic carbocycles. The molecule has 78 valence electrons. The highest BCUT2D eigenvalue weighted by molar-refractivity contribution is 6.76. The first kappa shape index (κ1) is 11.5. The average Bonchev–Trinajstić information content (AvgIpc) is 2.04. The molecule has 0 N–H and O–H groups in total. The molecule has 1 aliphatic heterocycles. The summed E-state index contributed by atoms with van der Waals surface area (Å²) in [7, 11) is -0.664. The summed E-state index contributed by atoms with van der Waals surface area (Å²) >= 11 is 0. The molecule has 1 rings (SSSR count). The maximum absolute atomic E-state index is 5.77. The Hall–Kier alpha value is 0.394. The summed E-state index contributed by atoms with van der Waals surface area (Å²) < 4.78 is 5.77. The van der Waals surface area contributed by atoms with E-state index in [1.54, 1.807) is 0 Å². The third-order valence-corrected chi connectivity index (χ3v) is 7.34. The lowest BCUT2D eigenvalue weighted by molar-refractivity contribution is 0.0651. The highest BCUT2D eigenvalue weighted by Crippen LogP contribution is 2.16. The minimum Gasteiger partial charge on any atom is -0.382 e. The van der Waals surface area contributed by atoms with Gasteiger partial charge in [0.15, 0.2) is 0 Å². The predicted octanol–water partition coefficient (Wildman–Crippen LogP) is 2.44. The predicted molar refractivity (Wildman–Crippen MR) is 65.1 cm³/mol. The molecule has 0 radical (unpaired) electrons. The Morgan fingerprint density at radius 3 is 2.62 bits per heavy atom. The molecule has 1 unspecified atom stereocenters. The molecule has 0 amide bonds. The fourth-order valence-electron chi connectivity index (χ4n) is 1.90. The van der Waals surface area contributed by atoms with Gasteiger partial charge in [-0.1, -0.05) is 31.7 Å². The Bertz CT molecular complexity index is 136. The first-order valence-corrected chi connectivity index (χ1v) is 11.2. The zero-order valence-electron chi connectivity index (χ0n) is 9.44. The molecule has 3 heteroatoms. The molecule has 0 saturated carbocycles. The van der Waals surface area contributed by atoms with E-state index >= 15 is 0 Å². The summed E-state index contributed by atoms with van der Waals surface area (Å²) in [5.41, 5.74) is 0.741. The van der Waals surface area contributed by atoms with Crippen molar-refractivity contribution in [3.05, 3.63) is 0 Å². The number of hydrogen-bond acceptors (Lipinski definition) is 1. The van der Waals surface area contributed by atoms with Crippen LogP contribution >= 0.6 is 0 Å². The highest BCUT2D eigenvalue weighted by Gasteiger charge is 2.17. The summed E-state index contributed by atoms with van der Waals surface area (Å²) in [6.45, 7) is 8.47. The lowest BCUT2D eigenvalue weighted by atomic mass is 10.2. The van der Waals surface area contributed by atoms with E-state index in [4.69, 9.17) is 4.74 Å². The SMILES string of the molecule is C[Si](C)(C)CC[SiH2]C1CCCCO1. The van der Waals surface area contributed by atoms with Crippen LogP contribution < -0.4 is 0 Å². The van der Waals surface area contributed by atoms with Crippen LogP contribution in [-0.2, 0) is 4.74 Å². The van der Waals surface area contributed by atoms with Gasteiger partial charge in [0.2, 0.25) is 0 Å². The topological polar surface area (TPSA) is 9.23 Å². The standard InChI is InChI=1S/C10H24OSi2/c1-13(2,3)9-8-12-10-6-4-5-7-11-10/h10H,4-9,12H2,1-3H3. The Labute approximate surface area is 86.1 Å². The second-order valence-electron chi connectivity index (χ2n) is 5.44. The minimum atomic E-state index is -0.763. The summed E-state index contributed by atoms with van der Waals surface area (Å²) in [5.74, 6) is 0. The van der Waals surface area contributed by atoms with E-state index in [0.29, 0.717) is 0 Å². The molecule has 0 spiro atoms. The van der Waals surface area contributed by atoms with E-state index < -0.39 is 8.07 Å². The molecular weight excluding hydrogens is 192 g/mol. The number of ether oxygens (including phenoxy) is 1. The molecule has 0 bridgehead atoms. The summed E-state index contributed by atoms with van der Waals surface area (Å²) in [6.07, 6.45) is 4.10. The van der Waals surface area contributed by atoms with E-state index in [9.17, 15) is 0 Å². The van der Waals surface area contributed by atoms with E-state index in [-0.39, 0.29) is 9.52 Å². The fraction of sp³-hybridized carbons (Fsp3) is 1.00. The largest absolute Gasteiger partial charge is 0.382 e. The molecular formula is C10H24OSi2. The second kappa shape index (κ2) is 5.32. The average molecular weight is 216 g/mol. The molecule has 1 atom stereocenters. The van der Waals surface area contributed by atoms with Crippen molar-refractivity contribution in [1.82, 2.24) is 0 Å². The van der Waals surface area contributed by atoms with Gasteiger partial charge < -0.3 is 4.74 Å². The van der Waals surface area contributed by atoms with Gasteiger partial charge in [-0.15, -0.1) is 0 Å². The van der Waals surface area contributed by atoms with E-state index in [2.05, 4.69) is 19.6 Å². The normalized spacial score (nSPS) is 25.6. The minimum absolute atomic E-state index is 0.0982. The van der Waals surface area contributed by atoms with E-state index in [0.717, 1.165) is 12.3 Å². The Kier molecular flexibility index (Phi) is 4.69. The molecule has 1 heterocycles. The molecule has 1 saturated heterocycles. The van der Waals surface area contributed by atoms with Crippen LogP contribution in [0.2, 0.25) is 31.7 Å². The first-order chi connectivity index (χ1) is 6.08. The quantitative estimate of drug-likeness (QED) is 0.656. The number of hydrogen-bond donors (Lipinski definition) is 0. The second-order valence-corrected chi connectivity index (χ2v) is 13.3. The first-order valence-electron chi connectivity index (χ1n) is 5.69. The summed E-state index contributed by atoms with van der Waals surface area (Å²) in [6, 6.07) is 3.06. The molecule has 0 aromatic heterocycles. The van der Waals surface area contributed by atoms with Crippen molar-refractivity contribution in [2.24, 2.45) is 0 Å². The Balaban J connectivity index is 2.04. The van der Waals surface area contributed by atoms with Crippen LogP contribution in [0.5, 0.6) is 0 Å². The van der Waals surface area contributed by atoms with Gasteiger partial charge in [0, 0.05) is 20.4 Å². The molecule has 1 aliphatic rings. The van der Waals surface area contributed by atoms with E-state index in [1.807, 2.05) is 0 Å². The van der Waals surface area contributed by atoms with Gasteiger partial charge in [-0.2, -0.15) is 0 Å². The zero-order chi connectivity index (χ0) is 9.73. The highest BCUT2D eigenvalue weighted by atomic mass is 28.3. The van der Waals surface area contributed by atoms with Crippen molar-refractivity contribution in [1.29, 1.82) is 0 Å². The number of rotatable bonds is 4. The smallest absolute Gasteiger partial charge is 0.0553 e. The van der Waals surface area contributed by atoms with Crippen LogP contribution in [0, 0.1) is 0 Å². The third kappa shape index (κ3) is 5.65. The summed E-state index contributed by atoms with van der Waals surface area (Å²) in [4.78, 5) is 0. The van der Waals surface area contributed by atoms with Crippen molar-refractivity contribution < 1.29 is 4.74 Å². The molecule has 0 aromatic rings. The molecule has 0 aromatic carbocycles. The van der Waals surface area contributed by atoms with Crippen molar-refractivity contribution >= 4 is 17.6 Å². The van der Waals surface area contributed by atoms with Crippen LogP contribution in [0.25, 0.3) is 0 Å². The Morgan fingerprint density at radius 1 is 1.31 bits per heavy atom. The maximum Gasteiger partial charge on any atom is 0.0553 e. The van der Waals surface area contributed by atoms with Crippen molar-refractivity contribution in [2.45, 2.75) is 56.7 Å². The maximum atomic E-state index is 5.77. The zero-order valence-corrected chi connectivity index (χ0v) is 11.8. The van der Waals surface area contributed by atoms with Gasteiger partial charge in [0.1, 0.15) is 0 Å². The van der Waals surface area contributed by atoms with Crippen LogP contribution in [-0.4, -0.2) is 29.9 Å². The van der Waals surface area contributed by atoms with Crippen molar-refractivity contribution in [3.63, 3.8) is 0 Å². The summed E-state index contributed by atoms with van der Waals surface area (Å²) in [5, 5.41) is 0. The van der Waals surface area contributed by atoms with Gasteiger partial charge in [-0.25, -0.2) is 0 Å². The lowest BCUT2D eigenvalue weighted by Crippen LogP contribution is -2.27. The van der Waals surface area contributed by atoms with Crippen molar-refractivity contribution in [3.8, 4) is 0 Å². The van der Waals surface area contributed by atoms with Gasteiger partial charge in [-0.3, -0.25) is 0 Å². The van der Waals surface area contributed by atoms with Crippen LogP contribution in [0.15, 0.2) is 0 Å². The van der Waals surface area contributed by atoms with Gasteiger partial charge in [0.05, 0.1) is 9.52 Å². The van der Waals surface area contributed by atoms with Gasteiger partial charge >= 0.3 is 0 Å².